The van der Waals surface area contributed by atoms with E-state index in [-0.39, 0.29) is 18.4 Å². The Hall–Kier alpha value is -2.49. The zero-order chi connectivity index (χ0) is 20.1. The topological polar surface area (TPSA) is 75.7 Å². The van der Waals surface area contributed by atoms with Gasteiger partial charge in [-0.25, -0.2) is 4.79 Å². The SMILES string of the molecule is CN(CC(=O)Oc1ccc(NC(=O)c2cccs2)cc1)C(=O)c1ccc(Br)s1. The number of nitrogens with one attached hydrogen (secondary N) is 1. The molecule has 28 heavy (non-hydrogen) atoms. The lowest BCUT2D eigenvalue weighted by molar-refractivity contribution is -0.134. The highest BCUT2D eigenvalue weighted by Gasteiger charge is 2.18. The predicted molar refractivity (Wildman–Crippen MR) is 113 cm³/mol. The maximum absolute atomic E-state index is 12.3. The molecule has 0 saturated heterocycles. The van der Waals surface area contributed by atoms with Gasteiger partial charge in [-0.05, 0) is 63.8 Å². The summed E-state index contributed by atoms with van der Waals surface area (Å²) >= 11 is 5.96. The molecule has 6 nitrogen and oxygen atoms in total. The highest BCUT2D eigenvalue weighted by molar-refractivity contribution is 9.11. The molecule has 3 aromatic rings. The number of hydrogen-bond donors (Lipinski definition) is 1. The molecule has 1 aromatic carbocycles. The van der Waals surface area contributed by atoms with Crippen molar-refractivity contribution in [1.29, 1.82) is 0 Å². The van der Waals surface area contributed by atoms with E-state index in [1.165, 1.54) is 27.6 Å². The van der Waals surface area contributed by atoms with Gasteiger partial charge >= 0.3 is 5.97 Å². The van der Waals surface area contributed by atoms with Crippen molar-refractivity contribution in [3.63, 3.8) is 0 Å². The Morgan fingerprint density at radius 1 is 1.07 bits per heavy atom. The molecule has 2 heterocycles. The van der Waals surface area contributed by atoms with Crippen LogP contribution in [0.4, 0.5) is 5.69 Å². The molecule has 0 bridgehead atoms. The minimum absolute atomic E-state index is 0.175. The van der Waals surface area contributed by atoms with Crippen LogP contribution >= 0.6 is 38.6 Å². The van der Waals surface area contributed by atoms with Gasteiger partial charge in [-0.15, -0.1) is 22.7 Å². The molecule has 0 aliphatic heterocycles. The van der Waals surface area contributed by atoms with Crippen LogP contribution in [0.1, 0.15) is 19.3 Å². The number of ether oxygens (including phenoxy) is 1. The number of benzene rings is 1. The Balaban J connectivity index is 1.52. The van der Waals surface area contributed by atoms with E-state index in [0.717, 1.165) is 3.79 Å². The number of likely N-dealkylation sites (N-methyl/N-ethyl adjacent to an activating group) is 1. The molecule has 0 aliphatic carbocycles. The van der Waals surface area contributed by atoms with Crippen molar-refractivity contribution in [3.05, 3.63) is 67.5 Å². The fourth-order valence-corrected chi connectivity index (χ4v) is 4.25. The second-order valence-corrected chi connectivity index (χ2v) is 9.11. The molecule has 0 fully saturated rings. The third-order valence-electron chi connectivity index (χ3n) is 3.59. The van der Waals surface area contributed by atoms with Crippen LogP contribution in [-0.4, -0.2) is 36.3 Å². The average molecular weight is 479 g/mol. The van der Waals surface area contributed by atoms with Gasteiger partial charge < -0.3 is 15.0 Å². The molecule has 0 atom stereocenters. The summed E-state index contributed by atoms with van der Waals surface area (Å²) in [6.45, 7) is -0.175. The molecular formula is C19H15BrN2O4S2. The van der Waals surface area contributed by atoms with Gasteiger partial charge in [-0.2, -0.15) is 0 Å². The maximum Gasteiger partial charge on any atom is 0.331 e. The summed E-state index contributed by atoms with van der Waals surface area (Å²) in [5.41, 5.74) is 0.591. The fourth-order valence-electron chi connectivity index (χ4n) is 2.25. The lowest BCUT2D eigenvalue weighted by Gasteiger charge is -2.15. The number of thiophene rings is 2. The van der Waals surface area contributed by atoms with Gasteiger partial charge in [0, 0.05) is 12.7 Å². The van der Waals surface area contributed by atoms with Crippen LogP contribution < -0.4 is 10.1 Å². The van der Waals surface area contributed by atoms with Crippen LogP contribution in [-0.2, 0) is 4.79 Å². The number of halogens is 1. The number of anilines is 1. The summed E-state index contributed by atoms with van der Waals surface area (Å²) in [4.78, 5) is 38.8. The van der Waals surface area contributed by atoms with Gasteiger partial charge in [0.25, 0.3) is 11.8 Å². The molecule has 0 radical (unpaired) electrons. The van der Waals surface area contributed by atoms with E-state index >= 15 is 0 Å². The Morgan fingerprint density at radius 2 is 1.82 bits per heavy atom. The number of hydrogen-bond acceptors (Lipinski definition) is 6. The normalized spacial score (nSPS) is 10.4. The molecule has 0 saturated carbocycles. The largest absolute Gasteiger partial charge is 0.425 e. The Labute approximate surface area is 177 Å². The van der Waals surface area contributed by atoms with E-state index in [0.29, 0.717) is 21.2 Å². The van der Waals surface area contributed by atoms with Crippen LogP contribution in [0.25, 0.3) is 0 Å². The van der Waals surface area contributed by atoms with Gasteiger partial charge in [0.1, 0.15) is 12.3 Å². The first-order chi connectivity index (χ1) is 13.4. The summed E-state index contributed by atoms with van der Waals surface area (Å²) in [6, 6.07) is 13.5. The van der Waals surface area contributed by atoms with Crippen LogP contribution in [0.2, 0.25) is 0 Å². The van der Waals surface area contributed by atoms with Crippen molar-refractivity contribution >= 4 is 62.1 Å². The first kappa shape index (κ1) is 20.2. The molecule has 0 aliphatic rings. The molecule has 144 valence electrons. The van der Waals surface area contributed by atoms with Gasteiger partial charge in [0.15, 0.2) is 0 Å². The van der Waals surface area contributed by atoms with Crippen molar-refractivity contribution < 1.29 is 19.1 Å². The number of esters is 1. The van der Waals surface area contributed by atoms with Crippen molar-refractivity contribution in [2.24, 2.45) is 0 Å². The highest BCUT2D eigenvalue weighted by Crippen LogP contribution is 2.23. The summed E-state index contributed by atoms with van der Waals surface area (Å²) in [6.07, 6.45) is 0. The molecular weight excluding hydrogens is 464 g/mol. The number of amides is 2. The minimum Gasteiger partial charge on any atom is -0.425 e. The Morgan fingerprint density at radius 3 is 2.43 bits per heavy atom. The number of rotatable bonds is 6. The molecule has 1 N–H and O–H groups in total. The summed E-state index contributed by atoms with van der Waals surface area (Å²) in [7, 11) is 1.54. The van der Waals surface area contributed by atoms with E-state index in [2.05, 4.69) is 21.2 Å². The van der Waals surface area contributed by atoms with Crippen molar-refractivity contribution in [1.82, 2.24) is 4.90 Å². The average Bonchev–Trinajstić information content (AvgIpc) is 3.34. The third kappa shape index (κ3) is 5.28. The first-order valence-corrected chi connectivity index (χ1v) is 10.6. The molecule has 0 unspecified atom stereocenters. The zero-order valence-corrected chi connectivity index (χ0v) is 17.9. The van der Waals surface area contributed by atoms with Crippen LogP contribution in [0.15, 0.2) is 57.7 Å². The van der Waals surface area contributed by atoms with E-state index in [9.17, 15) is 14.4 Å². The lowest BCUT2D eigenvalue weighted by atomic mass is 10.3. The fraction of sp³-hybridized carbons (Fsp3) is 0.105. The van der Waals surface area contributed by atoms with Crippen molar-refractivity contribution in [2.45, 2.75) is 0 Å². The van der Waals surface area contributed by atoms with Crippen LogP contribution in [0, 0.1) is 0 Å². The van der Waals surface area contributed by atoms with Crippen molar-refractivity contribution in [3.8, 4) is 5.75 Å². The standard InChI is InChI=1S/C19H15BrN2O4S2/c1-22(19(25)15-8-9-16(20)28-15)11-17(23)26-13-6-4-12(5-7-13)21-18(24)14-3-2-10-27-14/h2-10H,11H2,1H3,(H,21,24). The van der Waals surface area contributed by atoms with E-state index in [1.807, 2.05) is 5.38 Å². The van der Waals surface area contributed by atoms with Crippen molar-refractivity contribution in [2.75, 3.05) is 18.9 Å². The second-order valence-electron chi connectivity index (χ2n) is 5.69. The molecule has 0 spiro atoms. The number of carbonyl (C=O) groups excluding carboxylic acids is 3. The Bertz CT molecular complexity index is 984. The lowest BCUT2D eigenvalue weighted by Crippen LogP contribution is -2.33. The first-order valence-electron chi connectivity index (χ1n) is 8.09. The molecule has 2 aromatic heterocycles. The van der Waals surface area contributed by atoms with E-state index in [1.54, 1.807) is 55.6 Å². The van der Waals surface area contributed by atoms with Gasteiger partial charge in [0.2, 0.25) is 0 Å². The zero-order valence-electron chi connectivity index (χ0n) is 14.7. The Kier molecular flexibility index (Phi) is 6.61. The summed E-state index contributed by atoms with van der Waals surface area (Å²) < 4.78 is 6.10. The van der Waals surface area contributed by atoms with Gasteiger partial charge in [0.05, 0.1) is 13.5 Å². The molecule has 2 amide bonds. The van der Waals surface area contributed by atoms with Crippen LogP contribution in [0.3, 0.4) is 0 Å². The highest BCUT2D eigenvalue weighted by atomic mass is 79.9. The van der Waals surface area contributed by atoms with Crippen LogP contribution in [0.5, 0.6) is 5.75 Å². The second kappa shape index (κ2) is 9.13. The monoisotopic (exact) mass is 478 g/mol. The summed E-state index contributed by atoms with van der Waals surface area (Å²) in [5, 5.41) is 4.60. The smallest absolute Gasteiger partial charge is 0.331 e. The van der Waals surface area contributed by atoms with E-state index < -0.39 is 5.97 Å². The van der Waals surface area contributed by atoms with E-state index in [4.69, 9.17) is 4.74 Å². The van der Waals surface area contributed by atoms with Gasteiger partial charge in [-0.3, -0.25) is 9.59 Å². The summed E-state index contributed by atoms with van der Waals surface area (Å²) in [5.74, 6) is -0.667. The quantitative estimate of drug-likeness (QED) is 0.417. The third-order valence-corrected chi connectivity index (χ3v) is 6.07. The number of nitrogens with zero attached hydrogens (tertiary/aromatic N) is 1. The molecule has 3 rings (SSSR count). The number of carbonyl (C=O) groups is 3. The maximum atomic E-state index is 12.3. The predicted octanol–water partition coefficient (Wildman–Crippen LogP) is 4.50. The minimum atomic E-state index is -0.554. The van der Waals surface area contributed by atoms with Gasteiger partial charge in [-0.1, -0.05) is 6.07 Å². The molecule has 9 heteroatoms.